The molecule has 0 radical (unpaired) electrons. The summed E-state index contributed by atoms with van der Waals surface area (Å²) in [5.41, 5.74) is 1.69. The Labute approximate surface area is 155 Å². The van der Waals surface area contributed by atoms with Gasteiger partial charge in [0, 0.05) is 31.9 Å². The van der Waals surface area contributed by atoms with Crippen LogP contribution in [0.3, 0.4) is 0 Å². The number of nitrogens with zero attached hydrogens (tertiary/aromatic N) is 1. The molecule has 1 aromatic carbocycles. The molecule has 2 N–H and O–H groups in total. The highest BCUT2D eigenvalue weighted by atomic mass is 16.5. The van der Waals surface area contributed by atoms with Crippen molar-refractivity contribution in [3.05, 3.63) is 29.8 Å². The van der Waals surface area contributed by atoms with Crippen LogP contribution in [-0.4, -0.2) is 42.6 Å². The van der Waals surface area contributed by atoms with E-state index in [9.17, 15) is 9.59 Å². The van der Waals surface area contributed by atoms with E-state index in [0.717, 1.165) is 37.2 Å². The van der Waals surface area contributed by atoms with E-state index < -0.39 is 0 Å². The van der Waals surface area contributed by atoms with Crippen LogP contribution in [0, 0.1) is 11.8 Å². The quantitative estimate of drug-likeness (QED) is 0.868. The van der Waals surface area contributed by atoms with Crippen molar-refractivity contribution in [3.63, 3.8) is 0 Å². The highest BCUT2D eigenvalue weighted by Crippen LogP contribution is 2.21. The first kappa shape index (κ1) is 18.7. The molecule has 2 aliphatic heterocycles. The Balaban J connectivity index is 1.51. The van der Waals surface area contributed by atoms with E-state index >= 15 is 0 Å². The highest BCUT2D eigenvalue weighted by Gasteiger charge is 2.25. The number of carbonyl (C=O) groups excluding carboxylic acids is 2. The van der Waals surface area contributed by atoms with Crippen LogP contribution < -0.4 is 10.6 Å². The van der Waals surface area contributed by atoms with Gasteiger partial charge in [-0.15, -0.1) is 0 Å². The molecular weight excluding hydrogens is 330 g/mol. The number of nitrogens with one attached hydrogen (secondary N) is 2. The number of hydrogen-bond donors (Lipinski definition) is 2. The lowest BCUT2D eigenvalue weighted by atomic mass is 9.92. The largest absolute Gasteiger partial charge is 0.368 e. The molecule has 0 spiro atoms. The molecule has 2 saturated heterocycles. The van der Waals surface area contributed by atoms with Gasteiger partial charge in [0.25, 0.3) is 5.91 Å². The maximum absolute atomic E-state index is 12.4. The van der Waals surface area contributed by atoms with Gasteiger partial charge in [-0.3, -0.25) is 4.79 Å². The smallest absolute Gasteiger partial charge is 0.317 e. The van der Waals surface area contributed by atoms with Crippen LogP contribution >= 0.6 is 0 Å². The van der Waals surface area contributed by atoms with Crippen LogP contribution in [0.1, 0.15) is 38.7 Å². The number of ether oxygens (including phenoxy) is 1. The zero-order valence-electron chi connectivity index (χ0n) is 15.7. The molecule has 3 atom stereocenters. The molecular formula is C20H29N3O3. The van der Waals surface area contributed by atoms with Gasteiger partial charge in [-0.25, -0.2) is 4.79 Å². The van der Waals surface area contributed by atoms with Crippen LogP contribution in [0.2, 0.25) is 0 Å². The normalized spacial score (nSPS) is 25.8. The van der Waals surface area contributed by atoms with Crippen molar-refractivity contribution in [2.45, 2.75) is 45.8 Å². The fourth-order valence-electron chi connectivity index (χ4n) is 3.88. The first-order valence-electron chi connectivity index (χ1n) is 9.55. The number of benzene rings is 1. The Morgan fingerprint density at radius 1 is 1.23 bits per heavy atom. The first-order valence-corrected chi connectivity index (χ1v) is 9.55. The van der Waals surface area contributed by atoms with Gasteiger partial charge in [0.2, 0.25) is 0 Å². The predicted octanol–water partition coefficient (Wildman–Crippen LogP) is 2.99. The number of urea groups is 1. The van der Waals surface area contributed by atoms with Gasteiger partial charge in [0.05, 0.1) is 0 Å². The molecule has 142 valence electrons. The Morgan fingerprint density at radius 2 is 2.00 bits per heavy atom. The number of carbonyl (C=O) groups is 2. The van der Waals surface area contributed by atoms with E-state index in [4.69, 9.17) is 4.74 Å². The fourth-order valence-corrected chi connectivity index (χ4v) is 3.88. The summed E-state index contributed by atoms with van der Waals surface area (Å²) in [4.78, 5) is 26.5. The van der Waals surface area contributed by atoms with Crippen molar-refractivity contribution in [1.82, 2.24) is 10.2 Å². The lowest BCUT2D eigenvalue weighted by Gasteiger charge is -2.34. The minimum atomic E-state index is -0.346. The summed E-state index contributed by atoms with van der Waals surface area (Å²) in [5, 5.41) is 5.89. The number of likely N-dealkylation sites (tertiary alicyclic amines) is 1. The van der Waals surface area contributed by atoms with Gasteiger partial charge in [-0.05, 0) is 48.8 Å². The van der Waals surface area contributed by atoms with Crippen LogP contribution in [0.15, 0.2) is 24.3 Å². The summed E-state index contributed by atoms with van der Waals surface area (Å²) in [6.45, 7) is 7.10. The van der Waals surface area contributed by atoms with Crippen LogP contribution in [0.25, 0.3) is 0 Å². The maximum atomic E-state index is 12.4. The number of anilines is 1. The van der Waals surface area contributed by atoms with Gasteiger partial charge in [-0.2, -0.15) is 0 Å². The molecule has 6 nitrogen and oxygen atoms in total. The Morgan fingerprint density at radius 3 is 2.69 bits per heavy atom. The Bertz CT molecular complexity index is 633. The molecule has 3 rings (SSSR count). The van der Waals surface area contributed by atoms with Crippen molar-refractivity contribution in [1.29, 1.82) is 0 Å². The summed E-state index contributed by atoms with van der Waals surface area (Å²) in [6, 6.07) is 7.57. The Hall–Kier alpha value is -2.08. The van der Waals surface area contributed by atoms with Gasteiger partial charge in [0.15, 0.2) is 0 Å². The SMILES string of the molecule is CC1CC(C)CN(C(=O)NCc2cccc(NC(=O)C3CCCO3)c2)C1. The third-order valence-corrected chi connectivity index (χ3v) is 5.02. The van der Waals surface area contributed by atoms with Gasteiger partial charge in [0.1, 0.15) is 6.10 Å². The summed E-state index contributed by atoms with van der Waals surface area (Å²) < 4.78 is 5.41. The standard InChI is InChI=1S/C20H29N3O3/c1-14-9-15(2)13-23(12-14)20(25)21-11-16-5-3-6-17(10-16)22-19(24)18-7-4-8-26-18/h3,5-6,10,14-15,18H,4,7-9,11-13H2,1-2H3,(H,21,25)(H,22,24). The topological polar surface area (TPSA) is 70.7 Å². The van der Waals surface area contributed by atoms with Gasteiger partial charge >= 0.3 is 6.03 Å². The van der Waals surface area contributed by atoms with Crippen molar-refractivity contribution in [3.8, 4) is 0 Å². The summed E-state index contributed by atoms with van der Waals surface area (Å²) in [7, 11) is 0. The van der Waals surface area contributed by atoms with Crippen LogP contribution in [-0.2, 0) is 16.1 Å². The first-order chi connectivity index (χ1) is 12.5. The molecule has 6 heteroatoms. The average Bonchev–Trinajstić information content (AvgIpc) is 3.14. The highest BCUT2D eigenvalue weighted by molar-refractivity contribution is 5.94. The van der Waals surface area contributed by atoms with Crippen molar-refractivity contribution < 1.29 is 14.3 Å². The monoisotopic (exact) mass is 359 g/mol. The van der Waals surface area contributed by atoms with Crippen molar-refractivity contribution >= 4 is 17.6 Å². The second-order valence-electron chi connectivity index (χ2n) is 7.70. The maximum Gasteiger partial charge on any atom is 0.317 e. The molecule has 3 amide bonds. The predicted molar refractivity (Wildman–Crippen MR) is 101 cm³/mol. The second kappa shape index (κ2) is 8.54. The molecule has 2 fully saturated rings. The van der Waals surface area contributed by atoms with Gasteiger partial charge in [-0.1, -0.05) is 26.0 Å². The molecule has 0 aliphatic carbocycles. The molecule has 0 bridgehead atoms. The lowest BCUT2D eigenvalue weighted by Crippen LogP contribution is -2.47. The van der Waals surface area contributed by atoms with E-state index in [0.29, 0.717) is 25.0 Å². The molecule has 2 aliphatic rings. The van der Waals surface area contributed by atoms with E-state index in [2.05, 4.69) is 24.5 Å². The van der Waals surface area contributed by atoms with Crippen LogP contribution in [0.4, 0.5) is 10.5 Å². The van der Waals surface area contributed by atoms with E-state index in [1.165, 1.54) is 6.42 Å². The minimum Gasteiger partial charge on any atom is -0.368 e. The zero-order valence-corrected chi connectivity index (χ0v) is 15.7. The third kappa shape index (κ3) is 4.97. The van der Waals surface area contributed by atoms with Gasteiger partial charge < -0.3 is 20.3 Å². The number of hydrogen-bond acceptors (Lipinski definition) is 3. The summed E-state index contributed by atoms with van der Waals surface area (Å²) in [5.74, 6) is 0.988. The third-order valence-electron chi connectivity index (χ3n) is 5.02. The number of amides is 3. The average molecular weight is 359 g/mol. The zero-order chi connectivity index (χ0) is 18.5. The van der Waals surface area contributed by atoms with Crippen molar-refractivity contribution in [2.75, 3.05) is 25.0 Å². The number of rotatable bonds is 4. The lowest BCUT2D eigenvalue weighted by molar-refractivity contribution is -0.124. The second-order valence-corrected chi connectivity index (χ2v) is 7.70. The summed E-state index contributed by atoms with van der Waals surface area (Å²) in [6.07, 6.45) is 2.53. The van der Waals surface area contributed by atoms with E-state index in [1.807, 2.05) is 29.2 Å². The van der Waals surface area contributed by atoms with E-state index in [1.54, 1.807) is 0 Å². The Kier molecular flexibility index (Phi) is 6.14. The van der Waals surface area contributed by atoms with E-state index in [-0.39, 0.29) is 18.0 Å². The number of piperidine rings is 1. The molecule has 26 heavy (non-hydrogen) atoms. The molecule has 3 unspecified atom stereocenters. The van der Waals surface area contributed by atoms with Crippen LogP contribution in [0.5, 0.6) is 0 Å². The van der Waals surface area contributed by atoms with Crippen molar-refractivity contribution in [2.24, 2.45) is 11.8 Å². The molecule has 0 aromatic heterocycles. The molecule has 2 heterocycles. The molecule has 0 saturated carbocycles. The fraction of sp³-hybridized carbons (Fsp3) is 0.600. The summed E-state index contributed by atoms with van der Waals surface area (Å²) >= 11 is 0. The minimum absolute atomic E-state index is 0.0165. The molecule has 1 aromatic rings.